The second-order valence-electron chi connectivity index (χ2n) is 6.05. The van der Waals surface area contributed by atoms with Gasteiger partial charge in [-0.15, -0.1) is 0 Å². The highest BCUT2D eigenvalue weighted by Gasteiger charge is 2.32. The van der Waals surface area contributed by atoms with Crippen LogP contribution in [-0.2, 0) is 4.79 Å². The second kappa shape index (κ2) is 8.33. The Bertz CT molecular complexity index is 759. The molecule has 1 aliphatic heterocycles. The van der Waals surface area contributed by atoms with Crippen molar-refractivity contribution in [1.29, 1.82) is 0 Å². The highest BCUT2D eigenvalue weighted by atomic mass is 35.5. The summed E-state index contributed by atoms with van der Waals surface area (Å²) in [6, 6.07) is 6.02. The first-order valence-electron chi connectivity index (χ1n) is 8.42. The number of hydrogen-bond acceptors (Lipinski definition) is 6. The van der Waals surface area contributed by atoms with Crippen LogP contribution in [0.1, 0.15) is 18.0 Å². The number of halogens is 1. The van der Waals surface area contributed by atoms with Crippen LogP contribution in [0.5, 0.6) is 5.75 Å². The van der Waals surface area contributed by atoms with Crippen LogP contribution in [-0.4, -0.2) is 59.2 Å². The van der Waals surface area contributed by atoms with Crippen LogP contribution < -0.4 is 9.64 Å². The minimum Gasteiger partial charge on any atom is -0.496 e. The Hall–Kier alpha value is -2.38. The van der Waals surface area contributed by atoms with E-state index < -0.39 is 12.0 Å². The molecule has 0 bridgehead atoms. The van der Waals surface area contributed by atoms with Crippen LogP contribution in [0, 0.1) is 0 Å². The molecule has 0 spiro atoms. The summed E-state index contributed by atoms with van der Waals surface area (Å²) in [5.41, 5.74) is 0.567. The fourth-order valence-corrected chi connectivity index (χ4v) is 3.44. The molecule has 8 heteroatoms. The molecule has 1 atom stereocenters. The highest BCUT2D eigenvalue weighted by Crippen LogP contribution is 2.33. The zero-order chi connectivity index (χ0) is 18.5. The molecular weight excluding hydrogens is 356 g/mol. The van der Waals surface area contributed by atoms with Crippen molar-refractivity contribution in [2.24, 2.45) is 0 Å². The van der Waals surface area contributed by atoms with Crippen molar-refractivity contribution < 1.29 is 14.6 Å². The molecule has 0 amide bonds. The molecule has 0 unspecified atom stereocenters. The number of carboxylic acids is 1. The number of hydrogen-bond donors (Lipinski definition) is 1. The van der Waals surface area contributed by atoms with Crippen molar-refractivity contribution in [2.45, 2.75) is 12.5 Å². The lowest BCUT2D eigenvalue weighted by Gasteiger charge is -2.29. The van der Waals surface area contributed by atoms with Crippen LogP contribution in [0.4, 0.5) is 5.95 Å². The van der Waals surface area contributed by atoms with Gasteiger partial charge >= 0.3 is 5.97 Å². The lowest BCUT2D eigenvalue weighted by atomic mass is 10.0. The molecule has 1 fully saturated rings. The van der Waals surface area contributed by atoms with Crippen LogP contribution in [0.25, 0.3) is 0 Å². The molecule has 138 valence electrons. The predicted octanol–water partition coefficient (Wildman–Crippen LogP) is 2.48. The summed E-state index contributed by atoms with van der Waals surface area (Å²) < 4.78 is 5.36. The van der Waals surface area contributed by atoms with Gasteiger partial charge in [-0.25, -0.2) is 9.97 Å². The van der Waals surface area contributed by atoms with Crippen molar-refractivity contribution in [3.63, 3.8) is 0 Å². The van der Waals surface area contributed by atoms with Crippen LogP contribution in [0.15, 0.2) is 36.7 Å². The lowest BCUT2D eigenvalue weighted by Crippen LogP contribution is -2.37. The summed E-state index contributed by atoms with van der Waals surface area (Å²) in [7, 11) is 1.53. The number of carboxylic acid groups (broad SMARTS) is 1. The first-order valence-corrected chi connectivity index (χ1v) is 8.80. The third-order valence-corrected chi connectivity index (χ3v) is 4.69. The molecule has 0 aliphatic carbocycles. The molecule has 7 nitrogen and oxygen atoms in total. The molecule has 1 N–H and O–H groups in total. The zero-order valence-corrected chi connectivity index (χ0v) is 15.3. The number of benzene rings is 1. The molecule has 3 rings (SSSR count). The maximum atomic E-state index is 12.1. The summed E-state index contributed by atoms with van der Waals surface area (Å²) in [6.45, 7) is 2.65. The summed E-state index contributed by atoms with van der Waals surface area (Å²) in [4.78, 5) is 24.7. The minimum atomic E-state index is -0.921. The largest absolute Gasteiger partial charge is 0.496 e. The monoisotopic (exact) mass is 376 g/mol. The fourth-order valence-electron chi connectivity index (χ4n) is 3.25. The van der Waals surface area contributed by atoms with E-state index in [4.69, 9.17) is 16.3 Å². The van der Waals surface area contributed by atoms with Gasteiger partial charge in [-0.2, -0.15) is 0 Å². The summed E-state index contributed by atoms with van der Waals surface area (Å²) in [6.07, 6.45) is 4.23. The Morgan fingerprint density at radius 2 is 2.00 bits per heavy atom. The number of aliphatic carboxylic acids is 1. The van der Waals surface area contributed by atoms with Crippen molar-refractivity contribution in [2.75, 3.05) is 38.2 Å². The van der Waals surface area contributed by atoms with Gasteiger partial charge in [-0.1, -0.05) is 11.6 Å². The average Bonchev–Trinajstić information content (AvgIpc) is 2.89. The van der Waals surface area contributed by atoms with Gasteiger partial charge in [0.2, 0.25) is 5.95 Å². The summed E-state index contributed by atoms with van der Waals surface area (Å²) in [5.74, 6) is 0.269. The van der Waals surface area contributed by atoms with Crippen molar-refractivity contribution in [1.82, 2.24) is 14.9 Å². The van der Waals surface area contributed by atoms with Gasteiger partial charge < -0.3 is 14.7 Å². The van der Waals surface area contributed by atoms with Gasteiger partial charge in [0.05, 0.1) is 7.11 Å². The first-order chi connectivity index (χ1) is 12.6. The topological polar surface area (TPSA) is 78.8 Å². The molecule has 2 aromatic rings. The van der Waals surface area contributed by atoms with Gasteiger partial charge in [0.15, 0.2) is 0 Å². The molecule has 1 aromatic heterocycles. The minimum absolute atomic E-state index is 0.487. The Labute approximate surface area is 157 Å². The molecule has 1 aliphatic rings. The smallest absolute Gasteiger partial charge is 0.325 e. The van der Waals surface area contributed by atoms with Crippen LogP contribution in [0.2, 0.25) is 5.02 Å². The Balaban J connectivity index is 1.83. The van der Waals surface area contributed by atoms with Crippen molar-refractivity contribution in [3.8, 4) is 5.75 Å². The van der Waals surface area contributed by atoms with Crippen molar-refractivity contribution >= 4 is 23.5 Å². The number of anilines is 1. The van der Waals surface area contributed by atoms with E-state index in [1.165, 1.54) is 7.11 Å². The molecule has 0 saturated carbocycles. The second-order valence-corrected chi connectivity index (χ2v) is 6.49. The molecule has 26 heavy (non-hydrogen) atoms. The van der Waals surface area contributed by atoms with Gasteiger partial charge in [-0.05, 0) is 30.7 Å². The standard InChI is InChI=1S/C18H21ClN4O3/c1-26-15-5-4-13(19)12-14(15)16(17(24)25)22-8-3-9-23(11-10-22)18-20-6-2-7-21-18/h2,4-7,12,16H,3,8-11H2,1H3,(H,24,25)/t16-/m1/s1. The van der Waals surface area contributed by atoms with E-state index in [1.807, 2.05) is 4.90 Å². The highest BCUT2D eigenvalue weighted by molar-refractivity contribution is 6.30. The average molecular weight is 377 g/mol. The molecule has 1 aromatic carbocycles. The first kappa shape index (κ1) is 18.4. The van der Waals surface area contributed by atoms with Gasteiger partial charge in [-0.3, -0.25) is 9.69 Å². The Morgan fingerprint density at radius 1 is 1.23 bits per heavy atom. The van der Waals surface area contributed by atoms with E-state index >= 15 is 0 Å². The Kier molecular flexibility index (Phi) is 5.90. The van der Waals surface area contributed by atoms with Gasteiger partial charge in [0, 0.05) is 49.2 Å². The fraction of sp³-hybridized carbons (Fsp3) is 0.389. The summed E-state index contributed by atoms with van der Waals surface area (Å²) in [5, 5.41) is 10.4. The number of ether oxygens (including phenoxy) is 1. The van der Waals surface area contributed by atoms with Crippen LogP contribution >= 0.6 is 11.6 Å². The molecule has 1 saturated heterocycles. The number of methoxy groups -OCH3 is 1. The number of carbonyl (C=O) groups is 1. The van der Waals surface area contributed by atoms with E-state index in [1.54, 1.807) is 36.7 Å². The quantitative estimate of drug-likeness (QED) is 0.858. The maximum Gasteiger partial charge on any atom is 0.325 e. The molecule has 2 heterocycles. The third-order valence-electron chi connectivity index (χ3n) is 4.45. The normalized spacial score (nSPS) is 16.8. The number of rotatable bonds is 5. The molecule has 0 radical (unpaired) electrons. The van der Waals surface area contributed by atoms with Crippen LogP contribution in [0.3, 0.4) is 0 Å². The zero-order valence-electron chi connectivity index (χ0n) is 14.5. The van der Waals surface area contributed by atoms with E-state index in [-0.39, 0.29) is 0 Å². The van der Waals surface area contributed by atoms with Gasteiger partial charge in [0.1, 0.15) is 11.8 Å². The lowest BCUT2D eigenvalue weighted by molar-refractivity contribution is -0.143. The summed E-state index contributed by atoms with van der Waals surface area (Å²) >= 11 is 6.11. The SMILES string of the molecule is COc1ccc(Cl)cc1[C@H](C(=O)O)N1CCCN(c2ncccn2)CC1. The van der Waals surface area contributed by atoms with Gasteiger partial charge in [0.25, 0.3) is 0 Å². The van der Waals surface area contributed by atoms with Crippen molar-refractivity contribution in [3.05, 3.63) is 47.2 Å². The predicted molar refractivity (Wildman–Crippen MR) is 98.8 cm³/mol. The number of nitrogens with zero attached hydrogens (tertiary/aromatic N) is 4. The third kappa shape index (κ3) is 4.05. The van der Waals surface area contributed by atoms with E-state index in [0.717, 1.165) is 13.0 Å². The maximum absolute atomic E-state index is 12.1. The molecular formula is C18H21ClN4O3. The van der Waals surface area contributed by atoms with E-state index in [2.05, 4.69) is 14.9 Å². The Morgan fingerprint density at radius 3 is 2.69 bits per heavy atom. The van der Waals surface area contributed by atoms with E-state index in [0.29, 0.717) is 41.9 Å². The number of aromatic nitrogens is 2. The van der Waals surface area contributed by atoms with E-state index in [9.17, 15) is 9.90 Å².